The van der Waals surface area contributed by atoms with Crippen molar-refractivity contribution >= 4 is 0 Å². The minimum absolute atomic E-state index is 0.303. The Bertz CT molecular complexity index is 47.2. The monoisotopic (exact) mass is 232 g/mol. The van der Waals surface area contributed by atoms with Crippen LogP contribution in [-0.2, 0) is 3.07 Å². The minimum Gasteiger partial charge on any atom is -0.396 e. The van der Waals surface area contributed by atoms with E-state index < -0.39 is 21.1 Å². The van der Waals surface area contributed by atoms with Gasteiger partial charge < -0.3 is 6.87 Å². The first kappa shape index (κ1) is 8.61. The first-order chi connectivity index (χ1) is 3.63. The smallest absolute Gasteiger partial charge is 0.396 e. The summed E-state index contributed by atoms with van der Waals surface area (Å²) in [6.45, 7) is 4.14. The molecule has 0 N–H and O–H groups in total. The Morgan fingerprint density at radius 2 is 2.00 bits per heavy atom. The van der Waals surface area contributed by atoms with Gasteiger partial charge in [-0.25, -0.2) is 0 Å². The lowest BCUT2D eigenvalue weighted by Crippen LogP contribution is -3.99. The molecular formula is C4H9IO3. The van der Waals surface area contributed by atoms with Crippen molar-refractivity contribution in [3.8, 4) is 0 Å². The highest BCUT2D eigenvalue weighted by Gasteiger charge is 2.11. The third-order valence-electron chi connectivity index (χ3n) is 0.485. The Morgan fingerprint density at radius 3 is 2.12 bits per heavy atom. The number of rotatable bonds is 3. The summed E-state index contributed by atoms with van der Waals surface area (Å²) < 4.78 is 24.0. The van der Waals surface area contributed by atoms with Gasteiger partial charge in [-0.15, -0.1) is 0 Å². The third-order valence-corrected chi connectivity index (χ3v) is 1.35. The second kappa shape index (κ2) is 4.49. The van der Waals surface area contributed by atoms with E-state index in [0.717, 1.165) is 0 Å². The van der Waals surface area contributed by atoms with Crippen molar-refractivity contribution in [2.45, 2.75) is 13.8 Å². The minimum atomic E-state index is -3.37. The van der Waals surface area contributed by atoms with Gasteiger partial charge in [-0.2, -0.15) is 0 Å². The molecule has 0 aliphatic carbocycles. The fourth-order valence-electron chi connectivity index (χ4n) is 0.177. The largest absolute Gasteiger partial charge is 0.506 e. The lowest BCUT2D eigenvalue weighted by Gasteiger charge is -1.95. The zero-order valence-electron chi connectivity index (χ0n) is 4.89. The average molecular weight is 232 g/mol. The second-order valence-corrected chi connectivity index (χ2v) is 3.56. The van der Waals surface area contributed by atoms with E-state index in [4.69, 9.17) is 0 Å². The molecule has 8 heavy (non-hydrogen) atoms. The predicted molar refractivity (Wildman–Crippen MR) is 20.8 cm³/mol. The standard InChI is InChI=1S/C4H9IO3/c1-4(2)3-8-5(6)7/h4H,3H2,1-2H3. The summed E-state index contributed by atoms with van der Waals surface area (Å²) in [4.78, 5) is 0. The van der Waals surface area contributed by atoms with Gasteiger partial charge in [0.25, 0.3) is 0 Å². The van der Waals surface area contributed by atoms with Gasteiger partial charge in [0.2, 0.25) is 0 Å². The SMILES string of the molecule is CC(C)CO[I+2]([O-])[O-]. The van der Waals surface area contributed by atoms with Crippen molar-refractivity contribution in [1.82, 2.24) is 0 Å². The van der Waals surface area contributed by atoms with Crippen LogP contribution in [0.5, 0.6) is 0 Å². The molecule has 4 heteroatoms. The van der Waals surface area contributed by atoms with Crippen LogP contribution in [0.25, 0.3) is 0 Å². The molecule has 0 heterocycles. The number of hydrogen-bond donors (Lipinski definition) is 0. The molecule has 0 saturated heterocycles. The van der Waals surface area contributed by atoms with Gasteiger partial charge in [0.1, 0.15) is 6.61 Å². The maximum atomic E-state index is 9.81. The van der Waals surface area contributed by atoms with E-state index in [1.54, 1.807) is 0 Å². The maximum Gasteiger partial charge on any atom is 0.506 e. The van der Waals surface area contributed by atoms with Crippen LogP contribution < -0.4 is 27.9 Å². The topological polar surface area (TPSA) is 55.3 Å². The van der Waals surface area contributed by atoms with E-state index in [1.165, 1.54) is 0 Å². The number of halogens is 1. The molecule has 0 atom stereocenters. The van der Waals surface area contributed by atoms with Gasteiger partial charge in [0.15, 0.2) is 0 Å². The molecule has 0 aromatic heterocycles. The number of hydrogen-bond acceptors (Lipinski definition) is 3. The molecule has 0 saturated carbocycles. The molecule has 0 aromatic rings. The molecule has 50 valence electrons. The highest BCUT2D eigenvalue weighted by molar-refractivity contribution is 4.33. The van der Waals surface area contributed by atoms with Gasteiger partial charge in [-0.1, -0.05) is 13.8 Å². The molecule has 0 rings (SSSR count). The Balaban J connectivity index is 2.93. The molecule has 0 bridgehead atoms. The molecule has 0 fully saturated rings. The van der Waals surface area contributed by atoms with Crippen LogP contribution in [0.4, 0.5) is 0 Å². The molecule has 0 aliphatic rings. The fourth-order valence-corrected chi connectivity index (χ4v) is 1.19. The summed E-state index contributed by atoms with van der Waals surface area (Å²) in [5.41, 5.74) is 0. The lowest BCUT2D eigenvalue weighted by atomic mass is 10.2. The molecular weight excluding hydrogens is 223 g/mol. The average Bonchev–Trinajstić information content (AvgIpc) is 1.61. The summed E-state index contributed by atoms with van der Waals surface area (Å²) in [6.07, 6.45) is 0. The summed E-state index contributed by atoms with van der Waals surface area (Å²) in [5.74, 6) is 0.303. The van der Waals surface area contributed by atoms with E-state index in [2.05, 4.69) is 3.07 Å². The van der Waals surface area contributed by atoms with Gasteiger partial charge in [-0.3, -0.25) is 0 Å². The van der Waals surface area contributed by atoms with E-state index in [9.17, 15) is 6.87 Å². The fraction of sp³-hybridized carbons (Fsp3) is 1.00. The van der Waals surface area contributed by atoms with Crippen LogP contribution in [0.15, 0.2) is 0 Å². The van der Waals surface area contributed by atoms with E-state index in [0.29, 0.717) is 12.5 Å². The van der Waals surface area contributed by atoms with Crippen molar-refractivity contribution < 1.29 is 31.0 Å². The zero-order chi connectivity index (χ0) is 6.57. The van der Waals surface area contributed by atoms with Crippen LogP contribution in [0.1, 0.15) is 13.8 Å². The second-order valence-electron chi connectivity index (χ2n) is 1.86. The van der Waals surface area contributed by atoms with Gasteiger partial charge in [0, 0.05) is 0 Å². The van der Waals surface area contributed by atoms with Crippen LogP contribution in [0, 0.1) is 5.92 Å². The molecule has 0 aliphatic heterocycles. The molecule has 0 radical (unpaired) electrons. The summed E-state index contributed by atoms with van der Waals surface area (Å²) in [6, 6.07) is 0. The Morgan fingerprint density at radius 1 is 1.50 bits per heavy atom. The van der Waals surface area contributed by atoms with Gasteiger partial charge in [0.05, 0.1) is 0 Å². The first-order valence-electron chi connectivity index (χ1n) is 2.31. The molecule has 0 spiro atoms. The third kappa shape index (κ3) is 6.61. The zero-order valence-corrected chi connectivity index (χ0v) is 7.04. The Kier molecular flexibility index (Phi) is 4.83. The Hall–Kier alpha value is 0.610. The van der Waals surface area contributed by atoms with Crippen molar-refractivity contribution in [2.75, 3.05) is 6.61 Å². The summed E-state index contributed by atoms with van der Waals surface area (Å²) in [7, 11) is 0. The highest BCUT2D eigenvalue weighted by Crippen LogP contribution is 1.86. The van der Waals surface area contributed by atoms with Crippen molar-refractivity contribution in [3.05, 3.63) is 0 Å². The molecule has 0 aromatic carbocycles. The maximum absolute atomic E-state index is 9.81. The lowest BCUT2D eigenvalue weighted by molar-refractivity contribution is -1.63. The van der Waals surface area contributed by atoms with Gasteiger partial charge >= 0.3 is 21.1 Å². The van der Waals surface area contributed by atoms with Crippen LogP contribution >= 0.6 is 0 Å². The van der Waals surface area contributed by atoms with Crippen LogP contribution in [0.3, 0.4) is 0 Å². The van der Waals surface area contributed by atoms with Gasteiger partial charge in [-0.05, 0) is 8.98 Å². The van der Waals surface area contributed by atoms with Crippen molar-refractivity contribution in [2.24, 2.45) is 5.92 Å². The van der Waals surface area contributed by atoms with E-state index >= 15 is 0 Å². The van der Waals surface area contributed by atoms with E-state index in [-0.39, 0.29) is 0 Å². The van der Waals surface area contributed by atoms with Crippen LogP contribution in [0.2, 0.25) is 0 Å². The summed E-state index contributed by atoms with van der Waals surface area (Å²) in [5, 5.41) is 0. The van der Waals surface area contributed by atoms with E-state index in [1.807, 2.05) is 13.8 Å². The molecule has 0 unspecified atom stereocenters. The molecule has 0 amide bonds. The highest BCUT2D eigenvalue weighted by atomic mass is 127. The Labute approximate surface area is 57.7 Å². The quantitative estimate of drug-likeness (QED) is 0.463. The predicted octanol–water partition coefficient (Wildman–Crippen LogP) is -4.25. The van der Waals surface area contributed by atoms with Crippen molar-refractivity contribution in [1.29, 1.82) is 0 Å². The molecule has 3 nitrogen and oxygen atoms in total. The first-order valence-corrected chi connectivity index (χ1v) is 4.96. The summed E-state index contributed by atoms with van der Waals surface area (Å²) >= 11 is -3.37. The van der Waals surface area contributed by atoms with Crippen molar-refractivity contribution in [3.63, 3.8) is 0 Å². The normalized spacial score (nSPS) is 11.2. The van der Waals surface area contributed by atoms with Crippen LogP contribution in [-0.4, -0.2) is 6.61 Å².